The molecule has 0 spiro atoms. The van der Waals surface area contributed by atoms with Crippen LogP contribution in [0.25, 0.3) is 0 Å². The maximum atomic E-state index is 11.8. The Hall–Kier alpha value is -0.414. The van der Waals surface area contributed by atoms with E-state index in [1.54, 1.807) is 12.1 Å². The summed E-state index contributed by atoms with van der Waals surface area (Å²) in [7, 11) is -4.35. The van der Waals surface area contributed by atoms with E-state index in [9.17, 15) is 18.1 Å². The van der Waals surface area contributed by atoms with Crippen molar-refractivity contribution in [2.24, 2.45) is 0 Å². The van der Waals surface area contributed by atoms with Crippen molar-refractivity contribution in [2.75, 3.05) is 0 Å². The summed E-state index contributed by atoms with van der Waals surface area (Å²) in [6.07, 6.45) is 11.3. The molecule has 0 saturated heterocycles. The van der Waals surface area contributed by atoms with Gasteiger partial charge in [-0.05, 0) is 36.6 Å². The summed E-state index contributed by atoms with van der Waals surface area (Å²) in [6, 6.07) is 10.5. The summed E-state index contributed by atoms with van der Waals surface area (Å²) in [6.45, 7) is 2.21. The van der Waals surface area contributed by atoms with Gasteiger partial charge in [-0.2, -0.15) is 8.42 Å². The first-order valence-electron chi connectivity index (χ1n) is 10.5. The van der Waals surface area contributed by atoms with Crippen LogP contribution in [0.1, 0.15) is 70.3 Å². The fraction of sp³-hybridized carbons (Fsp3) is 0.478. The molecule has 0 amide bonds. The van der Waals surface area contributed by atoms with E-state index in [1.807, 2.05) is 0 Å². The van der Waals surface area contributed by atoms with Gasteiger partial charge in [-0.15, -0.1) is 5.75 Å². The molecule has 0 fully saturated rings. The van der Waals surface area contributed by atoms with Gasteiger partial charge in [-0.3, -0.25) is 4.55 Å². The third kappa shape index (κ3) is 10.3. The van der Waals surface area contributed by atoms with Gasteiger partial charge >= 0.3 is 51.4 Å². The largest absolute Gasteiger partial charge is 1.00 e. The summed E-state index contributed by atoms with van der Waals surface area (Å²) < 4.78 is 38.9. The Morgan fingerprint density at radius 2 is 1.37 bits per heavy atom. The predicted octanol–water partition coefficient (Wildman–Crippen LogP) is 2.88. The van der Waals surface area contributed by atoms with Crippen molar-refractivity contribution >= 4 is 10.1 Å². The van der Waals surface area contributed by atoms with Gasteiger partial charge in [0.1, 0.15) is 16.4 Å². The monoisotopic (exact) mass is 458 g/mol. The number of benzene rings is 2. The quantitative estimate of drug-likeness (QED) is 0.283. The standard InChI is InChI=1S/C23H32O5S.K/c1-2-3-4-5-6-7-8-9-10-11-19-12-15-22(18-23(19)29(25,26)27)28-21-16-13-20(24)14-17-21;/h12-18,24H,2-11H2,1H3,(H,25,26,27);/q;+1/p-1. The van der Waals surface area contributed by atoms with Crippen molar-refractivity contribution in [1.82, 2.24) is 0 Å². The second kappa shape index (κ2) is 14.6. The van der Waals surface area contributed by atoms with Gasteiger partial charge in [-0.1, -0.05) is 76.5 Å². The normalized spacial score (nSPS) is 11.1. The fourth-order valence-electron chi connectivity index (χ4n) is 3.31. The maximum Gasteiger partial charge on any atom is 1.00 e. The van der Waals surface area contributed by atoms with Crippen LogP contribution in [0.5, 0.6) is 17.2 Å². The molecule has 2 aromatic rings. The number of rotatable bonds is 13. The SMILES string of the molecule is CCCCCCCCCCCc1ccc(Oc2ccc([O-])cc2)cc1S(=O)(=O)O.[K+]. The Labute approximate surface area is 223 Å². The van der Waals surface area contributed by atoms with Crippen LogP contribution < -0.4 is 61.2 Å². The van der Waals surface area contributed by atoms with Gasteiger partial charge in [0.25, 0.3) is 10.1 Å². The Bertz CT molecular complexity index is 850. The molecule has 0 saturated carbocycles. The smallest absolute Gasteiger partial charge is 0.872 e. The fourth-order valence-corrected chi connectivity index (χ4v) is 4.08. The van der Waals surface area contributed by atoms with Gasteiger partial charge in [0, 0.05) is 6.07 Å². The predicted molar refractivity (Wildman–Crippen MR) is 113 cm³/mol. The van der Waals surface area contributed by atoms with E-state index < -0.39 is 10.1 Å². The van der Waals surface area contributed by atoms with Gasteiger partial charge in [0.05, 0.1) is 0 Å². The van der Waals surface area contributed by atoms with Gasteiger partial charge in [0.2, 0.25) is 0 Å². The molecule has 0 radical (unpaired) electrons. The number of hydrogen-bond acceptors (Lipinski definition) is 4. The minimum Gasteiger partial charge on any atom is -0.872 e. The molecule has 1 N–H and O–H groups in total. The summed E-state index contributed by atoms with van der Waals surface area (Å²) in [4.78, 5) is -0.116. The third-order valence-corrected chi connectivity index (χ3v) is 5.86. The zero-order chi connectivity index (χ0) is 21.1. The zero-order valence-electron chi connectivity index (χ0n) is 18.1. The second-order valence-corrected chi connectivity index (χ2v) is 8.79. The van der Waals surface area contributed by atoms with Crippen molar-refractivity contribution in [3.63, 3.8) is 0 Å². The van der Waals surface area contributed by atoms with E-state index in [0.29, 0.717) is 23.5 Å². The first-order chi connectivity index (χ1) is 13.9. The van der Waals surface area contributed by atoms with E-state index in [1.165, 1.54) is 68.9 Å². The van der Waals surface area contributed by atoms with Crippen LogP contribution in [0.3, 0.4) is 0 Å². The average Bonchev–Trinajstić information content (AvgIpc) is 2.68. The molecule has 0 aliphatic rings. The number of hydrogen-bond donors (Lipinski definition) is 1. The Balaban J connectivity index is 0.00000450. The molecule has 2 rings (SSSR count). The van der Waals surface area contributed by atoms with E-state index in [2.05, 4.69) is 6.92 Å². The minimum atomic E-state index is -4.35. The molecule has 0 aromatic heterocycles. The Kier molecular flexibility index (Phi) is 13.5. The number of unbranched alkanes of at least 4 members (excludes halogenated alkanes) is 8. The van der Waals surface area contributed by atoms with Crippen LogP contribution in [-0.4, -0.2) is 13.0 Å². The van der Waals surface area contributed by atoms with Crippen molar-refractivity contribution in [2.45, 2.75) is 76.0 Å². The molecule has 7 heteroatoms. The van der Waals surface area contributed by atoms with Gasteiger partial charge in [-0.25, -0.2) is 0 Å². The van der Waals surface area contributed by atoms with Crippen LogP contribution in [0.15, 0.2) is 47.4 Å². The van der Waals surface area contributed by atoms with Crippen molar-refractivity contribution in [1.29, 1.82) is 0 Å². The number of aryl methyl sites for hydroxylation is 1. The molecule has 160 valence electrons. The van der Waals surface area contributed by atoms with Crippen LogP contribution >= 0.6 is 0 Å². The first-order valence-corrected chi connectivity index (χ1v) is 11.9. The maximum absolute atomic E-state index is 11.8. The zero-order valence-corrected chi connectivity index (χ0v) is 22.0. The van der Waals surface area contributed by atoms with E-state index in [4.69, 9.17) is 4.74 Å². The topological polar surface area (TPSA) is 86.7 Å². The summed E-state index contributed by atoms with van der Waals surface area (Å²) >= 11 is 0. The van der Waals surface area contributed by atoms with Crippen molar-refractivity contribution in [3.05, 3.63) is 48.0 Å². The molecule has 0 atom stereocenters. The molecule has 5 nitrogen and oxygen atoms in total. The van der Waals surface area contributed by atoms with Crippen LogP contribution in [0.4, 0.5) is 0 Å². The summed E-state index contributed by atoms with van der Waals surface area (Å²) in [5.74, 6) is 0.594. The molecular formula is C23H31KO5S. The second-order valence-electron chi connectivity index (χ2n) is 7.40. The van der Waals surface area contributed by atoms with Gasteiger partial charge < -0.3 is 9.84 Å². The third-order valence-electron chi connectivity index (χ3n) is 4.93. The van der Waals surface area contributed by atoms with Crippen LogP contribution in [-0.2, 0) is 16.5 Å². The molecule has 30 heavy (non-hydrogen) atoms. The van der Waals surface area contributed by atoms with Crippen molar-refractivity contribution in [3.8, 4) is 17.2 Å². The minimum absolute atomic E-state index is 0. The van der Waals surface area contributed by atoms with E-state index in [0.717, 1.165) is 19.3 Å². The molecule has 0 aliphatic heterocycles. The average molecular weight is 459 g/mol. The number of ether oxygens (including phenoxy) is 1. The Morgan fingerprint density at radius 1 is 0.833 bits per heavy atom. The van der Waals surface area contributed by atoms with E-state index >= 15 is 0 Å². The van der Waals surface area contributed by atoms with Gasteiger partial charge in [0.15, 0.2) is 0 Å². The molecule has 0 unspecified atom stereocenters. The molecule has 0 bridgehead atoms. The molecule has 0 aliphatic carbocycles. The van der Waals surface area contributed by atoms with Crippen LogP contribution in [0.2, 0.25) is 0 Å². The molecule has 0 heterocycles. The first kappa shape index (κ1) is 27.6. The van der Waals surface area contributed by atoms with Crippen LogP contribution in [0, 0.1) is 0 Å². The van der Waals surface area contributed by atoms with Crippen molar-refractivity contribution < 1.29 is 74.2 Å². The molecular weight excluding hydrogens is 427 g/mol. The Morgan fingerprint density at radius 3 is 1.93 bits per heavy atom. The summed E-state index contributed by atoms with van der Waals surface area (Å²) in [5, 5.41) is 11.2. The summed E-state index contributed by atoms with van der Waals surface area (Å²) in [5.41, 5.74) is 0.595. The molecule has 2 aromatic carbocycles. The van der Waals surface area contributed by atoms with E-state index in [-0.39, 0.29) is 62.0 Å².